The Balaban J connectivity index is 2.40. The van der Waals surface area contributed by atoms with Crippen LogP contribution >= 0.6 is 28.1 Å². The van der Waals surface area contributed by atoms with Crippen LogP contribution in [-0.4, -0.2) is 9.55 Å². The van der Waals surface area contributed by atoms with Gasteiger partial charge in [-0.3, -0.25) is 4.57 Å². The highest BCUT2D eigenvalue weighted by Gasteiger charge is 2.09. The van der Waals surface area contributed by atoms with Crippen LogP contribution in [-0.2, 0) is 0 Å². The molecule has 3 aromatic rings. The van der Waals surface area contributed by atoms with E-state index in [1.807, 2.05) is 28.8 Å². The molecule has 0 aliphatic rings. The minimum absolute atomic E-state index is 0.280. The maximum atomic E-state index is 13.2. The highest BCUT2D eigenvalue weighted by molar-refractivity contribution is 9.10. The molecule has 0 unspecified atom stereocenters. The fraction of sp³-hybridized carbons (Fsp3) is 0. The Labute approximate surface area is 116 Å². The molecule has 1 heterocycles. The van der Waals surface area contributed by atoms with Crippen molar-refractivity contribution >= 4 is 39.2 Å². The van der Waals surface area contributed by atoms with Gasteiger partial charge in [0.15, 0.2) is 4.77 Å². The van der Waals surface area contributed by atoms with Crippen molar-refractivity contribution in [1.82, 2.24) is 9.55 Å². The Morgan fingerprint density at radius 2 is 1.94 bits per heavy atom. The van der Waals surface area contributed by atoms with Gasteiger partial charge in [-0.2, -0.15) is 0 Å². The SMILES string of the molecule is Fc1ccc2c(c1)[nH]c(=S)n2-c1ccccc1Br. The number of benzene rings is 2. The molecule has 18 heavy (non-hydrogen) atoms. The number of halogens is 2. The average molecular weight is 323 g/mol. The topological polar surface area (TPSA) is 20.7 Å². The Bertz CT molecular complexity index is 791. The Kier molecular flexibility index (Phi) is 2.80. The molecule has 0 aliphatic carbocycles. The smallest absolute Gasteiger partial charge is 0.182 e. The second kappa shape index (κ2) is 4.33. The summed E-state index contributed by atoms with van der Waals surface area (Å²) in [5.74, 6) is -0.280. The molecule has 2 nitrogen and oxygen atoms in total. The van der Waals surface area contributed by atoms with Crippen LogP contribution in [0.15, 0.2) is 46.9 Å². The van der Waals surface area contributed by atoms with Crippen molar-refractivity contribution in [2.75, 3.05) is 0 Å². The number of fused-ring (bicyclic) bond motifs is 1. The second-order valence-corrected chi connectivity index (χ2v) is 5.12. The Morgan fingerprint density at radius 1 is 1.17 bits per heavy atom. The number of nitrogens with one attached hydrogen (secondary N) is 1. The number of imidazole rings is 1. The number of nitrogens with zero attached hydrogens (tertiary/aromatic N) is 1. The first kappa shape index (κ1) is 11.6. The summed E-state index contributed by atoms with van der Waals surface area (Å²) in [7, 11) is 0. The molecule has 0 amide bonds. The summed E-state index contributed by atoms with van der Waals surface area (Å²) in [6, 6.07) is 12.4. The molecule has 0 aliphatic heterocycles. The molecule has 0 saturated carbocycles. The van der Waals surface area contributed by atoms with Gasteiger partial charge in [-0.05, 0) is 58.5 Å². The fourth-order valence-corrected chi connectivity index (χ4v) is 2.72. The van der Waals surface area contributed by atoms with E-state index in [0.717, 1.165) is 15.7 Å². The summed E-state index contributed by atoms with van der Waals surface area (Å²) in [4.78, 5) is 3.01. The van der Waals surface area contributed by atoms with E-state index in [9.17, 15) is 4.39 Å². The molecular weight excluding hydrogens is 315 g/mol. The quantitative estimate of drug-likeness (QED) is 0.650. The first-order valence-electron chi connectivity index (χ1n) is 5.32. The van der Waals surface area contributed by atoms with Crippen LogP contribution in [0.25, 0.3) is 16.7 Å². The highest BCUT2D eigenvalue weighted by Crippen LogP contribution is 2.25. The zero-order valence-corrected chi connectivity index (χ0v) is 11.6. The molecule has 3 rings (SSSR count). The van der Waals surface area contributed by atoms with Crippen molar-refractivity contribution < 1.29 is 4.39 Å². The van der Waals surface area contributed by atoms with Crippen molar-refractivity contribution in [1.29, 1.82) is 0 Å². The van der Waals surface area contributed by atoms with Crippen LogP contribution in [0, 0.1) is 10.6 Å². The first-order chi connectivity index (χ1) is 8.66. The molecule has 0 atom stereocenters. The zero-order valence-electron chi connectivity index (χ0n) is 9.15. The predicted molar refractivity (Wildman–Crippen MR) is 76.1 cm³/mol. The van der Waals surface area contributed by atoms with Crippen molar-refractivity contribution in [3.8, 4) is 5.69 Å². The fourth-order valence-electron chi connectivity index (χ4n) is 1.96. The Morgan fingerprint density at radius 3 is 2.72 bits per heavy atom. The molecule has 0 spiro atoms. The number of H-pyrrole nitrogens is 1. The first-order valence-corrected chi connectivity index (χ1v) is 6.52. The molecule has 90 valence electrons. The summed E-state index contributed by atoms with van der Waals surface area (Å²) in [5.41, 5.74) is 2.48. The standard InChI is InChI=1S/C13H8BrFN2S/c14-9-3-1-2-4-11(9)17-12-6-5-8(15)7-10(12)16-13(17)18/h1-7H,(H,16,18). The van der Waals surface area contributed by atoms with E-state index in [-0.39, 0.29) is 5.82 Å². The van der Waals surface area contributed by atoms with Crippen LogP contribution in [0.4, 0.5) is 4.39 Å². The summed E-state index contributed by atoms with van der Waals surface area (Å²) < 4.78 is 16.6. The normalized spacial score (nSPS) is 11.0. The van der Waals surface area contributed by atoms with Crippen molar-refractivity contribution in [3.63, 3.8) is 0 Å². The molecule has 1 N–H and O–H groups in total. The molecule has 0 saturated heterocycles. The zero-order chi connectivity index (χ0) is 12.7. The Hall–Kier alpha value is -1.46. The average Bonchev–Trinajstić information content (AvgIpc) is 2.65. The van der Waals surface area contributed by atoms with E-state index >= 15 is 0 Å². The number of hydrogen-bond acceptors (Lipinski definition) is 1. The van der Waals surface area contributed by atoms with E-state index in [0.29, 0.717) is 10.3 Å². The van der Waals surface area contributed by atoms with Gasteiger partial charge >= 0.3 is 0 Å². The predicted octanol–water partition coefficient (Wildman–Crippen LogP) is 4.59. The van der Waals surface area contributed by atoms with Crippen LogP contribution in [0.2, 0.25) is 0 Å². The maximum Gasteiger partial charge on any atom is 0.182 e. The molecule has 1 aromatic heterocycles. The lowest BCUT2D eigenvalue weighted by Gasteiger charge is -2.06. The number of para-hydroxylation sites is 1. The van der Waals surface area contributed by atoms with Crippen LogP contribution in [0.1, 0.15) is 0 Å². The molecule has 0 bridgehead atoms. The molecule has 0 radical (unpaired) electrons. The van der Waals surface area contributed by atoms with Crippen LogP contribution in [0.3, 0.4) is 0 Å². The van der Waals surface area contributed by atoms with E-state index in [4.69, 9.17) is 12.2 Å². The van der Waals surface area contributed by atoms with E-state index in [1.54, 1.807) is 6.07 Å². The molecule has 5 heteroatoms. The summed E-state index contributed by atoms with van der Waals surface area (Å²) in [5, 5.41) is 0. The van der Waals surface area contributed by atoms with E-state index < -0.39 is 0 Å². The second-order valence-electron chi connectivity index (χ2n) is 3.88. The molecule has 2 aromatic carbocycles. The third kappa shape index (κ3) is 1.79. The number of aromatic amines is 1. The lowest BCUT2D eigenvalue weighted by atomic mass is 10.3. The van der Waals surface area contributed by atoms with Crippen molar-refractivity contribution in [3.05, 3.63) is 57.5 Å². The minimum atomic E-state index is -0.280. The minimum Gasteiger partial charge on any atom is -0.330 e. The van der Waals surface area contributed by atoms with Crippen molar-refractivity contribution in [2.24, 2.45) is 0 Å². The van der Waals surface area contributed by atoms with Gasteiger partial charge in [0, 0.05) is 4.47 Å². The van der Waals surface area contributed by atoms with Gasteiger partial charge in [0.2, 0.25) is 0 Å². The summed E-state index contributed by atoms with van der Waals surface area (Å²) >= 11 is 8.80. The van der Waals surface area contributed by atoms with Gasteiger partial charge in [0.1, 0.15) is 5.82 Å². The summed E-state index contributed by atoms with van der Waals surface area (Å²) in [6.07, 6.45) is 0. The lowest BCUT2D eigenvalue weighted by molar-refractivity contribution is 0.629. The third-order valence-electron chi connectivity index (χ3n) is 2.74. The lowest BCUT2D eigenvalue weighted by Crippen LogP contribution is -1.94. The van der Waals surface area contributed by atoms with Gasteiger partial charge in [0.05, 0.1) is 16.7 Å². The van der Waals surface area contributed by atoms with Crippen LogP contribution in [0.5, 0.6) is 0 Å². The third-order valence-corrected chi connectivity index (χ3v) is 3.69. The molecule has 0 fully saturated rings. The van der Waals surface area contributed by atoms with Gasteiger partial charge in [-0.25, -0.2) is 4.39 Å². The van der Waals surface area contributed by atoms with Gasteiger partial charge in [-0.1, -0.05) is 12.1 Å². The monoisotopic (exact) mass is 322 g/mol. The molecular formula is C13H8BrFN2S. The number of aromatic nitrogens is 2. The van der Waals surface area contributed by atoms with Crippen LogP contribution < -0.4 is 0 Å². The number of hydrogen-bond donors (Lipinski definition) is 1. The van der Waals surface area contributed by atoms with Gasteiger partial charge in [0.25, 0.3) is 0 Å². The summed E-state index contributed by atoms with van der Waals surface area (Å²) in [6.45, 7) is 0. The number of rotatable bonds is 1. The van der Waals surface area contributed by atoms with Crippen molar-refractivity contribution in [2.45, 2.75) is 0 Å². The van der Waals surface area contributed by atoms with Gasteiger partial charge in [-0.15, -0.1) is 0 Å². The largest absolute Gasteiger partial charge is 0.330 e. The van der Waals surface area contributed by atoms with E-state index in [2.05, 4.69) is 20.9 Å². The highest BCUT2D eigenvalue weighted by atomic mass is 79.9. The maximum absolute atomic E-state index is 13.2. The van der Waals surface area contributed by atoms with Gasteiger partial charge < -0.3 is 4.98 Å². The van der Waals surface area contributed by atoms with E-state index in [1.165, 1.54) is 12.1 Å².